The fourth-order valence-corrected chi connectivity index (χ4v) is 18.8. The lowest BCUT2D eigenvalue weighted by Gasteiger charge is -2.51. The Balaban J connectivity index is 0.949. The second kappa shape index (κ2) is 16.8. The second-order valence-corrected chi connectivity index (χ2v) is 28.4. The molecule has 1 radical (unpaired) electrons. The van der Waals surface area contributed by atoms with E-state index in [9.17, 15) is 0 Å². The zero-order chi connectivity index (χ0) is 55.4. The molecule has 82 heavy (non-hydrogen) atoms. The zero-order valence-electron chi connectivity index (χ0n) is 48.8. The van der Waals surface area contributed by atoms with Gasteiger partial charge in [0.1, 0.15) is 0 Å². The van der Waals surface area contributed by atoms with Crippen LogP contribution in [0.3, 0.4) is 0 Å². The van der Waals surface area contributed by atoms with E-state index in [-0.39, 0.29) is 34.0 Å². The smallest absolute Gasteiger partial charge is 0.252 e. The van der Waals surface area contributed by atoms with Gasteiger partial charge in [0.25, 0.3) is 6.71 Å². The van der Waals surface area contributed by atoms with Crippen molar-refractivity contribution in [1.82, 2.24) is 0 Å². The highest BCUT2D eigenvalue weighted by molar-refractivity contribution is 7.26. The van der Waals surface area contributed by atoms with E-state index in [0.717, 1.165) is 12.8 Å². The zero-order valence-corrected chi connectivity index (χ0v) is 49.6. The molecule has 4 nitrogen and oxygen atoms in total. The molecule has 6 heterocycles. The standard InChI is InChI=1S/C75H69B2N4S/c1-46-41-64-70-65(42-46)79(61-28-19-23-51-50-21-9-12-25-55(50)76-69(51)61)63-45-49(81-59-36-31-47(71(2,3)4)43-54(59)73(6)38-16-18-40-75(73,81)8)33-35-57(63)77(70)56-34-32-48(80-58-26-13-11-24-53(58)72(5)37-15-17-39-74(72,80)7)44-62(56)78(64)60-27-20-30-67-68(60)52-22-10-14-29-66(52)82-67/h9-14,19-36,41-45H,15-18,37-40H2,1-8H3. The van der Waals surface area contributed by atoms with Crippen LogP contribution < -0.4 is 46.9 Å². The number of rotatable bonds is 4. The number of hydrogen-bond acceptors (Lipinski definition) is 5. The van der Waals surface area contributed by atoms with Gasteiger partial charge in [-0.15, -0.1) is 11.3 Å². The van der Waals surface area contributed by atoms with Crippen LogP contribution in [-0.2, 0) is 16.2 Å². The molecule has 401 valence electrons. The summed E-state index contributed by atoms with van der Waals surface area (Å²) in [5.74, 6) is 0. The molecule has 2 fully saturated rings. The summed E-state index contributed by atoms with van der Waals surface area (Å²) in [5, 5.41) is 2.63. The fourth-order valence-electron chi connectivity index (χ4n) is 17.7. The summed E-state index contributed by atoms with van der Waals surface area (Å²) in [5.41, 5.74) is 27.6. The summed E-state index contributed by atoms with van der Waals surface area (Å²) in [4.78, 5) is 11.0. The Bertz CT molecular complexity index is 4420. The van der Waals surface area contributed by atoms with E-state index in [4.69, 9.17) is 0 Å². The Hall–Kier alpha value is -7.47. The topological polar surface area (TPSA) is 13.0 Å². The van der Waals surface area contributed by atoms with Gasteiger partial charge < -0.3 is 19.6 Å². The van der Waals surface area contributed by atoms with Crippen LogP contribution in [0.25, 0.3) is 31.3 Å². The van der Waals surface area contributed by atoms with Gasteiger partial charge in [0.2, 0.25) is 0 Å². The maximum atomic E-state index is 2.81. The van der Waals surface area contributed by atoms with Crippen molar-refractivity contribution in [3.8, 4) is 11.1 Å². The van der Waals surface area contributed by atoms with Crippen molar-refractivity contribution in [3.63, 3.8) is 0 Å². The van der Waals surface area contributed by atoms with E-state index >= 15 is 0 Å². The van der Waals surface area contributed by atoms with Gasteiger partial charge in [-0.05, 0) is 174 Å². The quantitative estimate of drug-likeness (QED) is 0.163. The van der Waals surface area contributed by atoms with E-state index in [1.165, 1.54) is 176 Å². The molecule has 0 amide bonds. The molecule has 0 spiro atoms. The summed E-state index contributed by atoms with van der Waals surface area (Å²) in [7, 11) is 2.45. The number of para-hydroxylation sites is 1. The van der Waals surface area contributed by atoms with Crippen LogP contribution in [-0.4, -0.2) is 25.1 Å². The summed E-state index contributed by atoms with van der Waals surface area (Å²) < 4.78 is 2.64. The highest BCUT2D eigenvalue weighted by Crippen LogP contribution is 2.63. The number of hydrogen-bond donors (Lipinski definition) is 0. The second-order valence-electron chi connectivity index (χ2n) is 27.3. The fraction of sp³-hybridized carbons (Fsp3) is 0.280. The van der Waals surface area contributed by atoms with E-state index in [1.54, 1.807) is 0 Å². The molecule has 17 rings (SSSR count). The van der Waals surface area contributed by atoms with Crippen molar-refractivity contribution in [3.05, 3.63) is 198 Å². The molecular weight excluding hydrogens is 1010 g/mol. The largest absolute Gasteiger partial charge is 0.334 e. The lowest BCUT2D eigenvalue weighted by molar-refractivity contribution is 0.195. The Morgan fingerprint density at radius 2 is 1.04 bits per heavy atom. The van der Waals surface area contributed by atoms with Crippen LogP contribution in [0.15, 0.2) is 176 Å². The van der Waals surface area contributed by atoms with E-state index in [0.29, 0.717) is 0 Å². The van der Waals surface area contributed by atoms with Crippen molar-refractivity contribution in [1.29, 1.82) is 0 Å². The number of aryl methyl sites for hydroxylation is 1. The Kier molecular flexibility index (Phi) is 10.1. The molecule has 7 heteroatoms. The summed E-state index contributed by atoms with van der Waals surface area (Å²) in [6, 6.07) is 69.5. The molecule has 2 saturated carbocycles. The molecule has 0 N–H and O–H groups in total. The molecule has 1 aromatic heterocycles. The minimum atomic E-state index is -0.108. The molecule has 9 aromatic carbocycles. The van der Waals surface area contributed by atoms with Crippen molar-refractivity contribution in [2.45, 2.75) is 134 Å². The maximum absolute atomic E-state index is 2.81. The molecular formula is C75H69B2N4S. The van der Waals surface area contributed by atoms with Crippen LogP contribution in [0.1, 0.15) is 122 Å². The average Bonchev–Trinajstić information content (AvgIpc) is 1.48. The minimum Gasteiger partial charge on any atom is -0.334 e. The highest BCUT2D eigenvalue weighted by atomic mass is 32.1. The summed E-state index contributed by atoms with van der Waals surface area (Å²) in [6.07, 6.45) is 9.68. The number of thiophene rings is 1. The van der Waals surface area contributed by atoms with Crippen LogP contribution in [0.4, 0.5) is 56.9 Å². The first-order valence-corrected chi connectivity index (χ1v) is 31.4. The van der Waals surface area contributed by atoms with Gasteiger partial charge in [-0.25, -0.2) is 0 Å². The van der Waals surface area contributed by atoms with Crippen LogP contribution in [0, 0.1) is 6.92 Å². The van der Waals surface area contributed by atoms with E-state index < -0.39 is 0 Å². The van der Waals surface area contributed by atoms with Crippen molar-refractivity contribution >= 4 is 130 Å². The molecule has 0 bridgehead atoms. The predicted octanol–water partition coefficient (Wildman–Crippen LogP) is 16.9. The first kappa shape index (κ1) is 49.2. The Morgan fingerprint density at radius 3 is 1.76 bits per heavy atom. The highest BCUT2D eigenvalue weighted by Gasteiger charge is 2.60. The number of benzene rings is 9. The Labute approximate surface area is 489 Å². The normalized spacial score (nSPS) is 23.4. The predicted molar refractivity (Wildman–Crippen MR) is 353 cm³/mol. The number of anilines is 10. The van der Waals surface area contributed by atoms with Crippen LogP contribution in [0.5, 0.6) is 0 Å². The van der Waals surface area contributed by atoms with Gasteiger partial charge in [0.15, 0.2) is 7.28 Å². The third-order valence-electron chi connectivity index (χ3n) is 22.2. The minimum absolute atomic E-state index is 0.000859. The first-order chi connectivity index (χ1) is 39.7. The van der Waals surface area contributed by atoms with Gasteiger partial charge in [-0.1, -0.05) is 174 Å². The molecule has 10 aromatic rings. The number of nitrogens with zero attached hydrogens (tertiary/aromatic N) is 4. The van der Waals surface area contributed by atoms with Crippen molar-refractivity contribution in [2.24, 2.45) is 0 Å². The molecule has 4 atom stereocenters. The van der Waals surface area contributed by atoms with Gasteiger partial charge in [-0.3, -0.25) is 0 Å². The van der Waals surface area contributed by atoms with Crippen molar-refractivity contribution in [2.75, 3.05) is 19.6 Å². The van der Waals surface area contributed by atoms with Crippen LogP contribution >= 0.6 is 11.3 Å². The average molecular weight is 1080 g/mol. The number of fused-ring (bicyclic) bond motifs is 16. The van der Waals surface area contributed by atoms with Crippen LogP contribution in [0.2, 0.25) is 0 Å². The van der Waals surface area contributed by atoms with Gasteiger partial charge in [-0.2, -0.15) is 0 Å². The van der Waals surface area contributed by atoms with Gasteiger partial charge >= 0.3 is 0 Å². The van der Waals surface area contributed by atoms with E-state index in [1.807, 2.05) is 11.3 Å². The molecule has 7 aliphatic rings. The first-order valence-electron chi connectivity index (χ1n) is 30.5. The lowest BCUT2D eigenvalue weighted by atomic mass is 9.33. The van der Waals surface area contributed by atoms with Gasteiger partial charge in [0, 0.05) is 82.2 Å². The molecule has 4 unspecified atom stereocenters. The van der Waals surface area contributed by atoms with Gasteiger partial charge in [0.05, 0.1) is 16.8 Å². The SMILES string of the molecule is Cc1cc2c3c(c1)N(c1cccc4sc5ccccc5c14)c1cc(N4c5ccccc5C5(C)CCCCC45C)ccc1B3c1ccc(N3c4ccc(C(C)(C)C)cc4C4(C)CCCCC34C)cc1N2c1cccc2c1[B]c1ccccc1-2. The Morgan fingerprint density at radius 1 is 0.476 bits per heavy atom. The monoisotopic (exact) mass is 1080 g/mol. The third-order valence-corrected chi connectivity index (χ3v) is 23.3. The molecule has 0 saturated heterocycles. The summed E-state index contributed by atoms with van der Waals surface area (Å²) >= 11 is 1.91. The molecule has 2 aliphatic carbocycles. The van der Waals surface area contributed by atoms with Crippen molar-refractivity contribution < 1.29 is 0 Å². The lowest BCUT2D eigenvalue weighted by Crippen LogP contribution is -2.62. The van der Waals surface area contributed by atoms with E-state index in [2.05, 4.69) is 258 Å². The summed E-state index contributed by atoms with van der Waals surface area (Å²) in [6.45, 7) is 19.7. The molecule has 5 aliphatic heterocycles. The maximum Gasteiger partial charge on any atom is 0.252 e. The third kappa shape index (κ3) is 6.31.